The van der Waals surface area contributed by atoms with E-state index in [2.05, 4.69) is 16.7 Å². The summed E-state index contributed by atoms with van der Waals surface area (Å²) < 4.78 is 7.45. The minimum absolute atomic E-state index is 0.530. The van der Waals surface area contributed by atoms with Gasteiger partial charge in [-0.2, -0.15) is 0 Å². The van der Waals surface area contributed by atoms with Crippen molar-refractivity contribution in [3.05, 3.63) is 77.8 Å². The van der Waals surface area contributed by atoms with Crippen molar-refractivity contribution in [2.75, 3.05) is 7.11 Å². The molecular weight excluding hydrogens is 320 g/mol. The number of fused-ring (bicyclic) bond motifs is 1. The molecule has 0 saturated heterocycles. The topological polar surface area (TPSA) is 27.1 Å². The Bertz CT molecular complexity index is 995. The van der Waals surface area contributed by atoms with Crippen LogP contribution >= 0.6 is 11.6 Å². The number of para-hydroxylation sites is 1. The zero-order valence-electron chi connectivity index (χ0n) is 13.1. The van der Waals surface area contributed by atoms with Gasteiger partial charge >= 0.3 is 0 Å². The number of ether oxygens (including phenoxy) is 1. The van der Waals surface area contributed by atoms with Gasteiger partial charge in [-0.15, -0.1) is 0 Å². The summed E-state index contributed by atoms with van der Waals surface area (Å²) in [5, 5.41) is 0.530. The fourth-order valence-corrected chi connectivity index (χ4v) is 3.15. The summed E-state index contributed by atoms with van der Waals surface area (Å²) in [6.45, 7) is 0. The average Bonchev–Trinajstić information content (AvgIpc) is 3.04. The Balaban J connectivity index is 2.09. The van der Waals surface area contributed by atoms with Gasteiger partial charge in [-0.05, 0) is 24.3 Å². The van der Waals surface area contributed by atoms with Gasteiger partial charge in [0.25, 0.3) is 0 Å². The first-order valence-corrected chi connectivity index (χ1v) is 8.03. The molecule has 0 unspecified atom stereocenters. The van der Waals surface area contributed by atoms with E-state index in [1.165, 1.54) is 0 Å². The molecule has 0 atom stereocenters. The summed E-state index contributed by atoms with van der Waals surface area (Å²) in [5.74, 6) is 1.48. The molecule has 0 amide bonds. The van der Waals surface area contributed by atoms with E-state index >= 15 is 0 Å². The van der Waals surface area contributed by atoms with E-state index in [1.54, 1.807) is 7.11 Å². The van der Waals surface area contributed by atoms with Crippen LogP contribution in [0.2, 0.25) is 5.02 Å². The summed E-state index contributed by atoms with van der Waals surface area (Å²) in [7, 11) is 1.61. The SMILES string of the molecule is COc1ccc2c(nc(-c3ccccc3)n2-c2ccccc2)c1Cl. The second-order valence-electron chi connectivity index (χ2n) is 5.42. The van der Waals surface area contributed by atoms with Crippen molar-refractivity contribution < 1.29 is 4.74 Å². The fourth-order valence-electron chi connectivity index (χ4n) is 2.87. The molecule has 1 aromatic heterocycles. The Hall–Kier alpha value is -2.78. The summed E-state index contributed by atoms with van der Waals surface area (Å²) >= 11 is 6.50. The minimum atomic E-state index is 0.530. The van der Waals surface area contributed by atoms with E-state index in [1.807, 2.05) is 60.7 Å². The number of hydrogen-bond acceptors (Lipinski definition) is 2. The highest BCUT2D eigenvalue weighted by Gasteiger charge is 2.18. The maximum Gasteiger partial charge on any atom is 0.145 e. The van der Waals surface area contributed by atoms with Gasteiger partial charge in [-0.25, -0.2) is 4.98 Å². The largest absolute Gasteiger partial charge is 0.495 e. The number of nitrogens with zero attached hydrogens (tertiary/aromatic N) is 2. The smallest absolute Gasteiger partial charge is 0.145 e. The molecule has 24 heavy (non-hydrogen) atoms. The van der Waals surface area contributed by atoms with Crippen LogP contribution in [-0.4, -0.2) is 16.7 Å². The first-order valence-electron chi connectivity index (χ1n) is 7.65. The number of halogens is 1. The minimum Gasteiger partial charge on any atom is -0.495 e. The lowest BCUT2D eigenvalue weighted by Gasteiger charge is -2.09. The fraction of sp³-hybridized carbons (Fsp3) is 0.0500. The zero-order valence-corrected chi connectivity index (χ0v) is 13.9. The maximum atomic E-state index is 6.50. The quantitative estimate of drug-likeness (QED) is 0.504. The van der Waals surface area contributed by atoms with Crippen LogP contribution in [0.1, 0.15) is 0 Å². The molecule has 3 aromatic carbocycles. The second-order valence-corrected chi connectivity index (χ2v) is 5.80. The molecule has 118 valence electrons. The lowest BCUT2D eigenvalue weighted by atomic mass is 10.2. The van der Waals surface area contributed by atoms with Gasteiger partial charge in [-0.3, -0.25) is 4.57 Å². The molecule has 4 heteroatoms. The van der Waals surface area contributed by atoms with E-state index in [0.29, 0.717) is 10.8 Å². The van der Waals surface area contributed by atoms with E-state index < -0.39 is 0 Å². The normalized spacial score (nSPS) is 10.9. The molecule has 0 N–H and O–H groups in total. The van der Waals surface area contributed by atoms with Gasteiger partial charge in [-0.1, -0.05) is 60.1 Å². The highest BCUT2D eigenvalue weighted by Crippen LogP contribution is 2.36. The molecule has 4 rings (SSSR count). The van der Waals surface area contributed by atoms with Gasteiger partial charge in [0, 0.05) is 11.3 Å². The van der Waals surface area contributed by atoms with Crippen LogP contribution in [0.5, 0.6) is 5.75 Å². The zero-order chi connectivity index (χ0) is 16.5. The number of methoxy groups -OCH3 is 1. The molecule has 1 heterocycles. The number of benzene rings is 3. The van der Waals surface area contributed by atoms with Crippen molar-refractivity contribution in [3.63, 3.8) is 0 Å². The van der Waals surface area contributed by atoms with E-state index in [0.717, 1.165) is 28.1 Å². The Morgan fingerprint density at radius 3 is 2.21 bits per heavy atom. The number of hydrogen-bond donors (Lipinski definition) is 0. The van der Waals surface area contributed by atoms with Crippen LogP contribution < -0.4 is 4.74 Å². The summed E-state index contributed by atoms with van der Waals surface area (Å²) in [5.41, 5.74) is 3.76. The van der Waals surface area contributed by atoms with Crippen molar-refractivity contribution in [2.45, 2.75) is 0 Å². The van der Waals surface area contributed by atoms with Gasteiger partial charge in [0.05, 0.1) is 12.6 Å². The van der Waals surface area contributed by atoms with E-state index in [-0.39, 0.29) is 0 Å². The third kappa shape index (κ3) is 2.34. The van der Waals surface area contributed by atoms with Gasteiger partial charge in [0.1, 0.15) is 22.1 Å². The van der Waals surface area contributed by atoms with Crippen LogP contribution in [0.4, 0.5) is 0 Å². The molecule has 0 aliphatic heterocycles. The molecule has 0 aliphatic carbocycles. The van der Waals surface area contributed by atoms with E-state index in [4.69, 9.17) is 21.3 Å². The third-order valence-corrected chi connectivity index (χ3v) is 4.36. The highest BCUT2D eigenvalue weighted by molar-refractivity contribution is 6.36. The third-order valence-electron chi connectivity index (χ3n) is 4.00. The molecule has 0 spiro atoms. The Morgan fingerprint density at radius 1 is 0.875 bits per heavy atom. The first-order chi connectivity index (χ1) is 11.8. The van der Waals surface area contributed by atoms with Crippen molar-refractivity contribution in [1.82, 2.24) is 9.55 Å². The first kappa shape index (κ1) is 14.8. The van der Waals surface area contributed by atoms with Crippen LogP contribution in [0.15, 0.2) is 72.8 Å². The van der Waals surface area contributed by atoms with Crippen LogP contribution in [0, 0.1) is 0 Å². The molecule has 4 aromatic rings. The van der Waals surface area contributed by atoms with Crippen molar-refractivity contribution in [3.8, 4) is 22.8 Å². The van der Waals surface area contributed by atoms with Gasteiger partial charge in [0.2, 0.25) is 0 Å². The molecule has 0 fully saturated rings. The summed E-state index contributed by atoms with van der Waals surface area (Å²) in [4.78, 5) is 4.82. The second kappa shape index (κ2) is 6.02. The summed E-state index contributed by atoms with van der Waals surface area (Å²) in [6, 6.07) is 24.1. The van der Waals surface area contributed by atoms with Crippen LogP contribution in [0.25, 0.3) is 28.1 Å². The predicted molar refractivity (Wildman–Crippen MR) is 98.1 cm³/mol. The summed E-state index contributed by atoms with van der Waals surface area (Å²) in [6.07, 6.45) is 0. The van der Waals surface area contributed by atoms with Crippen LogP contribution in [0.3, 0.4) is 0 Å². The molecule has 0 bridgehead atoms. The average molecular weight is 335 g/mol. The number of imidazole rings is 1. The monoisotopic (exact) mass is 334 g/mol. The maximum absolute atomic E-state index is 6.50. The lowest BCUT2D eigenvalue weighted by Crippen LogP contribution is -1.97. The van der Waals surface area contributed by atoms with Gasteiger partial charge in [0.15, 0.2) is 0 Å². The Labute approximate surface area is 145 Å². The Kier molecular flexibility index (Phi) is 3.71. The van der Waals surface area contributed by atoms with Crippen molar-refractivity contribution in [2.24, 2.45) is 0 Å². The van der Waals surface area contributed by atoms with Gasteiger partial charge < -0.3 is 4.74 Å². The predicted octanol–water partition coefficient (Wildman–Crippen LogP) is 5.35. The van der Waals surface area contributed by atoms with Crippen LogP contribution in [-0.2, 0) is 0 Å². The van der Waals surface area contributed by atoms with E-state index in [9.17, 15) is 0 Å². The standard InChI is InChI=1S/C20H15ClN2O/c1-24-17-13-12-16-19(18(17)21)22-20(14-8-4-2-5-9-14)23(16)15-10-6-3-7-11-15/h2-13H,1H3. The van der Waals surface area contributed by atoms with Crippen molar-refractivity contribution in [1.29, 1.82) is 0 Å². The molecule has 3 nitrogen and oxygen atoms in total. The Morgan fingerprint density at radius 2 is 1.54 bits per heavy atom. The molecular formula is C20H15ClN2O. The highest BCUT2D eigenvalue weighted by atomic mass is 35.5. The number of rotatable bonds is 3. The number of aromatic nitrogens is 2. The molecule has 0 radical (unpaired) electrons. The lowest BCUT2D eigenvalue weighted by molar-refractivity contribution is 0.415. The molecule has 0 saturated carbocycles. The van der Waals surface area contributed by atoms with Crippen molar-refractivity contribution >= 4 is 22.6 Å². The molecule has 0 aliphatic rings.